The number of ether oxygens (including phenoxy) is 1. The van der Waals surface area contributed by atoms with Crippen molar-refractivity contribution in [2.45, 2.75) is 26.5 Å². The van der Waals surface area contributed by atoms with Gasteiger partial charge in [-0.15, -0.1) is 0 Å². The summed E-state index contributed by atoms with van der Waals surface area (Å²) in [6, 6.07) is 20.3. The Hall–Kier alpha value is -3.44. The highest BCUT2D eigenvalue weighted by atomic mass is 16.5. The van der Waals surface area contributed by atoms with Gasteiger partial charge >= 0.3 is 0 Å². The Bertz CT molecular complexity index is 1150. The zero-order valence-electron chi connectivity index (χ0n) is 17.6. The van der Waals surface area contributed by atoms with E-state index in [1.165, 1.54) is 5.56 Å². The van der Waals surface area contributed by atoms with Crippen LogP contribution in [0.25, 0.3) is 11.3 Å². The topological polar surface area (TPSA) is 54.5 Å². The number of fused-ring (bicyclic) bond motifs is 2. The number of likely N-dealkylation sites (N-methyl/N-ethyl adjacent to an activating group) is 1. The Morgan fingerprint density at radius 1 is 1.06 bits per heavy atom. The van der Waals surface area contributed by atoms with Crippen LogP contribution in [0.5, 0.6) is 0 Å². The SMILES string of the molecule is CCN(CCc1ccccn1)Cc1ccc2c(c1)CO/C2=C1/C(=O)Nc2ccccc21. The van der Waals surface area contributed by atoms with E-state index in [1.54, 1.807) is 0 Å². The lowest BCUT2D eigenvalue weighted by molar-refractivity contribution is -0.110. The van der Waals surface area contributed by atoms with Gasteiger partial charge in [0.15, 0.2) is 0 Å². The number of anilines is 1. The molecule has 31 heavy (non-hydrogen) atoms. The molecule has 0 bridgehead atoms. The number of pyridine rings is 1. The maximum atomic E-state index is 12.6. The third kappa shape index (κ3) is 3.84. The van der Waals surface area contributed by atoms with Crippen molar-refractivity contribution in [1.82, 2.24) is 9.88 Å². The van der Waals surface area contributed by atoms with E-state index in [2.05, 4.69) is 46.4 Å². The molecule has 2 aliphatic rings. The zero-order valence-corrected chi connectivity index (χ0v) is 17.6. The fraction of sp³-hybridized carbons (Fsp3) is 0.231. The highest BCUT2D eigenvalue weighted by Crippen LogP contribution is 2.41. The second-order valence-electron chi connectivity index (χ2n) is 7.92. The molecule has 1 amide bonds. The van der Waals surface area contributed by atoms with Crippen LogP contribution in [0.2, 0.25) is 0 Å². The number of nitrogens with one attached hydrogen (secondary N) is 1. The summed E-state index contributed by atoms with van der Waals surface area (Å²) in [5, 5.41) is 2.94. The summed E-state index contributed by atoms with van der Waals surface area (Å²) >= 11 is 0. The third-order valence-corrected chi connectivity index (χ3v) is 5.95. The van der Waals surface area contributed by atoms with Crippen molar-refractivity contribution in [2.75, 3.05) is 18.4 Å². The molecule has 0 saturated carbocycles. The van der Waals surface area contributed by atoms with E-state index in [9.17, 15) is 4.79 Å². The number of amides is 1. The molecule has 5 heteroatoms. The van der Waals surface area contributed by atoms with Crippen molar-refractivity contribution in [3.8, 4) is 0 Å². The van der Waals surface area contributed by atoms with E-state index in [1.807, 2.05) is 42.6 Å². The Balaban J connectivity index is 1.35. The molecule has 1 aromatic heterocycles. The molecule has 3 aromatic rings. The van der Waals surface area contributed by atoms with Crippen LogP contribution in [0.4, 0.5) is 5.69 Å². The number of carbonyl (C=O) groups excluding carboxylic acids is 1. The first kappa shape index (κ1) is 19.5. The Kier molecular flexibility index (Phi) is 5.26. The van der Waals surface area contributed by atoms with E-state index in [0.717, 1.165) is 54.1 Å². The van der Waals surface area contributed by atoms with Gasteiger partial charge in [-0.2, -0.15) is 0 Å². The van der Waals surface area contributed by atoms with Gasteiger partial charge in [0.2, 0.25) is 0 Å². The summed E-state index contributed by atoms with van der Waals surface area (Å²) in [4.78, 5) is 19.5. The molecule has 5 nitrogen and oxygen atoms in total. The van der Waals surface area contributed by atoms with Gasteiger partial charge in [0.1, 0.15) is 12.4 Å². The first-order chi connectivity index (χ1) is 15.2. The molecular weight excluding hydrogens is 386 g/mol. The molecule has 5 rings (SSSR count). The van der Waals surface area contributed by atoms with Gasteiger partial charge in [0, 0.05) is 53.8 Å². The number of carbonyl (C=O) groups is 1. The maximum absolute atomic E-state index is 12.6. The fourth-order valence-corrected chi connectivity index (χ4v) is 4.29. The van der Waals surface area contributed by atoms with Gasteiger partial charge in [0.05, 0.1) is 5.57 Å². The van der Waals surface area contributed by atoms with Crippen LogP contribution in [0.1, 0.15) is 34.9 Å². The van der Waals surface area contributed by atoms with Crippen molar-refractivity contribution in [2.24, 2.45) is 0 Å². The number of nitrogens with zero attached hydrogens (tertiary/aromatic N) is 2. The molecule has 0 spiro atoms. The molecular formula is C26H25N3O2. The van der Waals surface area contributed by atoms with Gasteiger partial charge in [-0.05, 0) is 30.3 Å². The summed E-state index contributed by atoms with van der Waals surface area (Å²) in [5.41, 5.74) is 6.91. The van der Waals surface area contributed by atoms with Crippen molar-refractivity contribution >= 4 is 22.9 Å². The van der Waals surface area contributed by atoms with Crippen molar-refractivity contribution in [3.05, 3.63) is 94.8 Å². The third-order valence-electron chi connectivity index (χ3n) is 5.95. The highest BCUT2D eigenvalue weighted by Gasteiger charge is 2.32. The minimum absolute atomic E-state index is 0.0974. The van der Waals surface area contributed by atoms with Crippen LogP contribution in [0.15, 0.2) is 66.9 Å². The van der Waals surface area contributed by atoms with E-state index >= 15 is 0 Å². The quantitative estimate of drug-likeness (QED) is 0.607. The minimum atomic E-state index is -0.0974. The second-order valence-corrected chi connectivity index (χ2v) is 7.92. The summed E-state index contributed by atoms with van der Waals surface area (Å²) in [7, 11) is 0. The predicted octanol–water partition coefficient (Wildman–Crippen LogP) is 4.50. The van der Waals surface area contributed by atoms with Gasteiger partial charge < -0.3 is 10.1 Å². The van der Waals surface area contributed by atoms with E-state index in [0.29, 0.717) is 17.9 Å². The smallest absolute Gasteiger partial charge is 0.260 e. The van der Waals surface area contributed by atoms with E-state index in [-0.39, 0.29) is 5.91 Å². The maximum Gasteiger partial charge on any atom is 0.260 e. The summed E-state index contributed by atoms with van der Waals surface area (Å²) in [6.07, 6.45) is 2.79. The lowest BCUT2D eigenvalue weighted by Gasteiger charge is -2.20. The van der Waals surface area contributed by atoms with Crippen molar-refractivity contribution in [3.63, 3.8) is 0 Å². The Labute approximate surface area is 182 Å². The molecule has 2 aromatic carbocycles. The zero-order chi connectivity index (χ0) is 21.2. The average Bonchev–Trinajstić information content (AvgIpc) is 3.36. The number of benzene rings is 2. The first-order valence-electron chi connectivity index (χ1n) is 10.7. The lowest BCUT2D eigenvalue weighted by Crippen LogP contribution is -2.25. The van der Waals surface area contributed by atoms with Gasteiger partial charge in [-0.25, -0.2) is 0 Å². The molecule has 0 unspecified atom stereocenters. The molecule has 0 saturated heterocycles. The molecule has 3 heterocycles. The van der Waals surface area contributed by atoms with Gasteiger partial charge in [-0.1, -0.05) is 49.4 Å². The van der Waals surface area contributed by atoms with Crippen LogP contribution in [-0.2, 0) is 29.1 Å². The lowest BCUT2D eigenvalue weighted by atomic mass is 9.99. The van der Waals surface area contributed by atoms with Crippen molar-refractivity contribution < 1.29 is 9.53 Å². The summed E-state index contributed by atoms with van der Waals surface area (Å²) < 4.78 is 6.02. The Morgan fingerprint density at radius 3 is 2.77 bits per heavy atom. The van der Waals surface area contributed by atoms with Crippen LogP contribution in [-0.4, -0.2) is 28.9 Å². The van der Waals surface area contributed by atoms with Gasteiger partial charge in [-0.3, -0.25) is 14.7 Å². The van der Waals surface area contributed by atoms with Crippen LogP contribution >= 0.6 is 0 Å². The van der Waals surface area contributed by atoms with Crippen LogP contribution < -0.4 is 5.32 Å². The minimum Gasteiger partial charge on any atom is -0.487 e. The molecule has 0 aliphatic carbocycles. The van der Waals surface area contributed by atoms with Gasteiger partial charge in [0.25, 0.3) is 5.91 Å². The normalized spacial score (nSPS) is 16.8. The monoisotopic (exact) mass is 411 g/mol. The highest BCUT2D eigenvalue weighted by molar-refractivity contribution is 6.36. The number of aromatic nitrogens is 1. The molecule has 2 aliphatic heterocycles. The summed E-state index contributed by atoms with van der Waals surface area (Å²) in [6.45, 7) is 5.51. The van der Waals surface area contributed by atoms with Crippen LogP contribution in [0, 0.1) is 0 Å². The standard InChI is InChI=1S/C26H25N3O2/c1-2-29(14-12-20-7-5-6-13-27-20)16-18-10-11-21-19(15-18)17-31-25(21)24-22-8-3-4-9-23(22)28-26(24)30/h3-11,13,15H,2,12,14,16-17H2,1H3,(H,28,30)/b25-24+. The fourth-order valence-electron chi connectivity index (χ4n) is 4.29. The predicted molar refractivity (Wildman–Crippen MR) is 122 cm³/mol. The molecule has 156 valence electrons. The number of para-hydroxylation sites is 1. The average molecular weight is 412 g/mol. The Morgan fingerprint density at radius 2 is 1.94 bits per heavy atom. The molecule has 1 N–H and O–H groups in total. The number of rotatable bonds is 6. The van der Waals surface area contributed by atoms with Crippen molar-refractivity contribution in [1.29, 1.82) is 0 Å². The largest absolute Gasteiger partial charge is 0.487 e. The second kappa shape index (κ2) is 8.36. The molecule has 0 radical (unpaired) electrons. The molecule has 0 atom stereocenters. The molecule has 0 fully saturated rings. The van der Waals surface area contributed by atoms with E-state index < -0.39 is 0 Å². The number of hydrogen-bond donors (Lipinski definition) is 1. The summed E-state index contributed by atoms with van der Waals surface area (Å²) in [5.74, 6) is 0.589. The van der Waals surface area contributed by atoms with Crippen LogP contribution in [0.3, 0.4) is 0 Å². The first-order valence-corrected chi connectivity index (χ1v) is 10.7. The van der Waals surface area contributed by atoms with E-state index in [4.69, 9.17) is 4.74 Å². The number of hydrogen-bond acceptors (Lipinski definition) is 4.